The normalized spacial score (nSPS) is 18.2. The number of nitrogens with two attached hydrogens (primary N) is 1. The van der Waals surface area contributed by atoms with E-state index < -0.39 is 0 Å². The average Bonchev–Trinajstić information content (AvgIpc) is 2.38. The van der Waals surface area contributed by atoms with Crippen LogP contribution in [0, 0.1) is 6.92 Å². The first-order chi connectivity index (χ1) is 9.11. The van der Waals surface area contributed by atoms with Crippen molar-refractivity contribution in [3.63, 3.8) is 0 Å². The molecule has 0 spiro atoms. The Bertz CT molecular complexity index is 483. The third-order valence-electron chi connectivity index (χ3n) is 3.50. The second-order valence-electron chi connectivity index (χ2n) is 4.93. The lowest BCUT2D eigenvalue weighted by Gasteiger charge is -2.21. The van der Waals surface area contributed by atoms with Crippen LogP contribution in [0.15, 0.2) is 18.2 Å². The maximum absolute atomic E-state index is 5.67. The van der Waals surface area contributed by atoms with E-state index in [1.54, 1.807) is 18.9 Å². The van der Waals surface area contributed by atoms with Gasteiger partial charge in [-0.25, -0.2) is 0 Å². The molecule has 0 aliphatic heterocycles. The molecule has 1 atom stereocenters. The lowest BCUT2D eigenvalue weighted by molar-refractivity contribution is -0.383. The molecule has 0 aromatic heterocycles. The number of thioether (sulfide) groups is 1. The summed E-state index contributed by atoms with van der Waals surface area (Å²) in [5, 5.41) is 0. The topological polar surface area (TPSA) is 62.9 Å². The van der Waals surface area contributed by atoms with Gasteiger partial charge in [-0.1, -0.05) is 17.8 Å². The monoisotopic (exact) mass is 279 g/mol. The second-order valence-corrected chi connectivity index (χ2v) is 6.21. The molecule has 0 amide bonds. The molecule has 1 aliphatic rings. The van der Waals surface area contributed by atoms with E-state index in [0.717, 1.165) is 24.3 Å². The summed E-state index contributed by atoms with van der Waals surface area (Å²) in [4.78, 5) is 0. The summed E-state index contributed by atoms with van der Waals surface area (Å²) >= 11 is 1.68. The van der Waals surface area contributed by atoms with Crippen LogP contribution in [-0.4, -0.2) is 18.4 Å². The van der Waals surface area contributed by atoms with Crippen molar-refractivity contribution in [3.8, 4) is 5.75 Å². The van der Waals surface area contributed by atoms with Gasteiger partial charge in [0.05, 0.1) is 7.11 Å². The predicted octanol–water partition coefficient (Wildman–Crippen LogP) is 1.94. The van der Waals surface area contributed by atoms with Gasteiger partial charge in [-0.05, 0) is 60.6 Å². The van der Waals surface area contributed by atoms with Crippen LogP contribution in [0.1, 0.15) is 29.5 Å². The Morgan fingerprint density at radius 2 is 2.26 bits per heavy atom. The van der Waals surface area contributed by atoms with Gasteiger partial charge in [-0.15, -0.1) is 0 Å². The van der Waals surface area contributed by atoms with E-state index in [0.29, 0.717) is 0 Å². The average molecular weight is 279 g/mol. The van der Waals surface area contributed by atoms with Crippen molar-refractivity contribution in [1.29, 1.82) is 0 Å². The minimum Gasteiger partial charge on any atom is -0.496 e. The molecule has 3 nitrogen and oxygen atoms in total. The van der Waals surface area contributed by atoms with Gasteiger partial charge in [0.25, 0.3) is 0 Å². The van der Waals surface area contributed by atoms with E-state index in [1.807, 2.05) is 0 Å². The molecule has 1 aromatic rings. The van der Waals surface area contributed by atoms with Crippen molar-refractivity contribution in [2.75, 3.05) is 12.9 Å². The number of quaternary nitrogens is 1. The third kappa shape index (κ3) is 3.53. The van der Waals surface area contributed by atoms with Crippen LogP contribution in [-0.2, 0) is 6.42 Å². The van der Waals surface area contributed by atoms with Crippen molar-refractivity contribution < 1.29 is 10.5 Å². The molecule has 4 heteroatoms. The Labute approximate surface area is 119 Å². The zero-order valence-corrected chi connectivity index (χ0v) is 12.6. The van der Waals surface area contributed by atoms with Gasteiger partial charge in [-0.3, -0.25) is 5.73 Å². The van der Waals surface area contributed by atoms with Gasteiger partial charge in [0.15, 0.2) is 5.50 Å². The molecular weight excluding hydrogens is 256 g/mol. The van der Waals surface area contributed by atoms with E-state index in [9.17, 15) is 0 Å². The van der Waals surface area contributed by atoms with Crippen LogP contribution in [0.4, 0.5) is 0 Å². The molecule has 0 bridgehead atoms. The Balaban J connectivity index is 2.26. The van der Waals surface area contributed by atoms with Gasteiger partial charge in [0.2, 0.25) is 0 Å². The molecular formula is C15H23N2OS+. The second kappa shape index (κ2) is 6.46. The summed E-state index contributed by atoms with van der Waals surface area (Å²) in [5.74, 6) is 1.93. The third-order valence-corrected chi connectivity index (χ3v) is 4.29. The molecule has 0 heterocycles. The lowest BCUT2D eigenvalue weighted by atomic mass is 9.86. The number of rotatable bonds is 4. The van der Waals surface area contributed by atoms with E-state index in [1.165, 1.54) is 28.7 Å². The van der Waals surface area contributed by atoms with Crippen molar-refractivity contribution in [3.05, 3.63) is 34.9 Å². The number of methoxy groups -OCH3 is 1. The molecule has 0 fully saturated rings. The number of ether oxygens (including phenoxy) is 1. The van der Waals surface area contributed by atoms with Gasteiger partial charge in [-0.2, -0.15) is 0 Å². The molecule has 104 valence electrons. The first-order valence-corrected chi connectivity index (χ1v) is 7.74. The first kappa shape index (κ1) is 14.4. The smallest absolute Gasteiger partial charge is 0.184 e. The molecule has 5 N–H and O–H groups in total. The van der Waals surface area contributed by atoms with Crippen LogP contribution < -0.4 is 16.2 Å². The van der Waals surface area contributed by atoms with Gasteiger partial charge < -0.3 is 10.5 Å². The zero-order valence-electron chi connectivity index (χ0n) is 11.7. The fraction of sp³-hybridized carbons (Fsp3) is 0.467. The van der Waals surface area contributed by atoms with Crippen molar-refractivity contribution >= 4 is 17.3 Å². The molecule has 2 rings (SSSR count). The molecule has 1 aromatic carbocycles. The highest BCUT2D eigenvalue weighted by Crippen LogP contribution is 2.35. The van der Waals surface area contributed by atoms with Crippen LogP contribution in [0.25, 0.3) is 5.57 Å². The maximum atomic E-state index is 5.67. The van der Waals surface area contributed by atoms with Gasteiger partial charge in [0.1, 0.15) is 5.75 Å². The van der Waals surface area contributed by atoms with Crippen molar-refractivity contribution in [2.24, 2.45) is 5.73 Å². The molecule has 0 saturated carbocycles. The highest BCUT2D eigenvalue weighted by atomic mass is 32.2. The number of benzene rings is 1. The van der Waals surface area contributed by atoms with Crippen molar-refractivity contribution in [2.45, 2.75) is 31.7 Å². The maximum Gasteiger partial charge on any atom is 0.184 e. The summed E-state index contributed by atoms with van der Waals surface area (Å²) in [6.45, 7) is 2.10. The Morgan fingerprint density at radius 1 is 1.47 bits per heavy atom. The zero-order chi connectivity index (χ0) is 13.8. The number of fused-ring (bicyclic) bond motifs is 1. The molecule has 1 aliphatic carbocycles. The standard InChI is InChI=1S/C15H22N2OS/c1-10-8-13-11(6-7-19-15(16)17)4-3-5-12(13)9-14(10)18-2/h6,8-9,15H,3-5,7,16-17H2,1-2H3/p+1. The van der Waals surface area contributed by atoms with E-state index in [4.69, 9.17) is 10.5 Å². The lowest BCUT2D eigenvalue weighted by Crippen LogP contribution is -2.64. The number of allylic oxidation sites excluding steroid dienone is 1. The van der Waals surface area contributed by atoms with Crippen molar-refractivity contribution in [1.82, 2.24) is 0 Å². The van der Waals surface area contributed by atoms with E-state index >= 15 is 0 Å². The van der Waals surface area contributed by atoms with E-state index in [-0.39, 0.29) is 5.50 Å². The van der Waals surface area contributed by atoms with Crippen LogP contribution in [0.3, 0.4) is 0 Å². The molecule has 19 heavy (non-hydrogen) atoms. The minimum atomic E-state index is -0.0440. The predicted molar refractivity (Wildman–Crippen MR) is 82.0 cm³/mol. The Kier molecular flexibility index (Phi) is 4.91. The summed E-state index contributed by atoms with van der Waals surface area (Å²) < 4.78 is 5.41. The molecule has 0 saturated heterocycles. The summed E-state index contributed by atoms with van der Waals surface area (Å²) in [6, 6.07) is 4.45. The number of hydrogen-bond acceptors (Lipinski definition) is 3. The summed E-state index contributed by atoms with van der Waals surface area (Å²) in [7, 11) is 1.74. The Hall–Kier alpha value is -0.970. The SMILES string of the molecule is COc1cc2c(cc1C)C(=CCSC(N)[NH3+])CCC2. The van der Waals surface area contributed by atoms with Gasteiger partial charge >= 0.3 is 0 Å². The highest BCUT2D eigenvalue weighted by Gasteiger charge is 2.16. The van der Waals surface area contributed by atoms with Crippen LogP contribution >= 0.6 is 11.8 Å². The quantitative estimate of drug-likeness (QED) is 0.828. The fourth-order valence-electron chi connectivity index (χ4n) is 2.54. The van der Waals surface area contributed by atoms with Crippen LogP contribution in [0.5, 0.6) is 5.75 Å². The summed E-state index contributed by atoms with van der Waals surface area (Å²) in [6.07, 6.45) is 5.82. The number of aryl methyl sites for hydroxylation is 2. The largest absolute Gasteiger partial charge is 0.496 e. The fourth-order valence-corrected chi connectivity index (χ4v) is 3.09. The number of hydrogen-bond donors (Lipinski definition) is 2. The molecule has 0 radical (unpaired) electrons. The first-order valence-electron chi connectivity index (χ1n) is 6.69. The Morgan fingerprint density at radius 3 is 2.95 bits per heavy atom. The van der Waals surface area contributed by atoms with Crippen LogP contribution in [0.2, 0.25) is 0 Å². The summed E-state index contributed by atoms with van der Waals surface area (Å²) in [5.41, 5.74) is 14.9. The highest BCUT2D eigenvalue weighted by molar-refractivity contribution is 7.99. The minimum absolute atomic E-state index is 0.0440. The van der Waals surface area contributed by atoms with E-state index in [2.05, 4.69) is 30.9 Å². The van der Waals surface area contributed by atoms with Gasteiger partial charge in [0, 0.05) is 5.75 Å². The molecule has 1 unspecified atom stereocenters.